The van der Waals surface area contributed by atoms with Crippen LogP contribution in [-0.4, -0.2) is 20.0 Å². The first-order valence-electron chi connectivity index (χ1n) is 6.82. The summed E-state index contributed by atoms with van der Waals surface area (Å²) in [5, 5.41) is 0. The van der Waals surface area contributed by atoms with Gasteiger partial charge in [0.1, 0.15) is 4.99 Å². The Morgan fingerprint density at radius 1 is 1.30 bits per heavy atom. The summed E-state index contributed by atoms with van der Waals surface area (Å²) in [4.78, 5) is 0.318. The number of nitrogens with one attached hydrogen (secondary N) is 1. The lowest BCUT2D eigenvalue weighted by molar-refractivity contribution is 0.297. The quantitative estimate of drug-likeness (QED) is 0.755. The fourth-order valence-corrected chi connectivity index (χ4v) is 3.53. The van der Waals surface area contributed by atoms with E-state index in [0.717, 1.165) is 17.5 Å². The average Bonchev–Trinajstić information content (AvgIpc) is 2.32. The molecule has 0 heterocycles. The third-order valence-corrected chi connectivity index (χ3v) is 5.29. The standard InChI is InChI=1S/C14H20N2O2S2/c15-14(19)13-6-4-12(5-7-13)10-20(17,18)16-9-8-11-2-1-3-11/h4-7,11,16H,1-3,8-10H2,(H2,15,19). The van der Waals surface area contributed by atoms with E-state index in [1.54, 1.807) is 24.3 Å². The van der Waals surface area contributed by atoms with Crippen molar-refractivity contribution in [2.45, 2.75) is 31.4 Å². The van der Waals surface area contributed by atoms with Gasteiger partial charge in [-0.05, 0) is 17.9 Å². The van der Waals surface area contributed by atoms with Crippen LogP contribution in [0.25, 0.3) is 0 Å². The van der Waals surface area contributed by atoms with E-state index in [0.29, 0.717) is 17.5 Å². The number of rotatable bonds is 7. The predicted molar refractivity (Wildman–Crippen MR) is 84.9 cm³/mol. The fourth-order valence-electron chi connectivity index (χ4n) is 2.24. The molecule has 1 aromatic rings. The van der Waals surface area contributed by atoms with Crippen LogP contribution < -0.4 is 10.5 Å². The topological polar surface area (TPSA) is 72.2 Å². The van der Waals surface area contributed by atoms with Crippen LogP contribution in [0.2, 0.25) is 0 Å². The van der Waals surface area contributed by atoms with Crippen molar-refractivity contribution in [2.24, 2.45) is 11.7 Å². The highest BCUT2D eigenvalue weighted by molar-refractivity contribution is 7.88. The van der Waals surface area contributed by atoms with Crippen LogP contribution in [0.5, 0.6) is 0 Å². The molecule has 110 valence electrons. The molecule has 1 aliphatic rings. The Hall–Kier alpha value is -0.980. The van der Waals surface area contributed by atoms with Gasteiger partial charge in [0.2, 0.25) is 10.0 Å². The van der Waals surface area contributed by atoms with Crippen LogP contribution in [0.15, 0.2) is 24.3 Å². The van der Waals surface area contributed by atoms with Crippen LogP contribution in [-0.2, 0) is 15.8 Å². The summed E-state index contributed by atoms with van der Waals surface area (Å²) < 4.78 is 26.6. The van der Waals surface area contributed by atoms with Crippen molar-refractivity contribution in [3.63, 3.8) is 0 Å². The maximum Gasteiger partial charge on any atom is 0.215 e. The lowest BCUT2D eigenvalue weighted by Crippen LogP contribution is -2.28. The van der Waals surface area contributed by atoms with Crippen molar-refractivity contribution < 1.29 is 8.42 Å². The van der Waals surface area contributed by atoms with Gasteiger partial charge >= 0.3 is 0 Å². The Balaban J connectivity index is 1.84. The minimum absolute atomic E-state index is 0.00468. The molecule has 1 saturated carbocycles. The molecule has 0 radical (unpaired) electrons. The highest BCUT2D eigenvalue weighted by Gasteiger charge is 2.18. The SMILES string of the molecule is NC(=S)c1ccc(CS(=O)(=O)NCCC2CCC2)cc1. The third kappa shape index (κ3) is 4.54. The van der Waals surface area contributed by atoms with Crippen LogP contribution in [0.4, 0.5) is 0 Å². The van der Waals surface area contributed by atoms with E-state index in [9.17, 15) is 8.42 Å². The number of hydrogen-bond donors (Lipinski definition) is 2. The van der Waals surface area contributed by atoms with Gasteiger partial charge in [0, 0.05) is 12.1 Å². The van der Waals surface area contributed by atoms with E-state index < -0.39 is 10.0 Å². The molecular weight excluding hydrogens is 292 g/mol. The molecule has 0 amide bonds. The molecule has 0 bridgehead atoms. The summed E-state index contributed by atoms with van der Waals surface area (Å²) in [6.45, 7) is 0.540. The summed E-state index contributed by atoms with van der Waals surface area (Å²) in [6, 6.07) is 7.00. The molecule has 2 rings (SSSR count). The second-order valence-electron chi connectivity index (χ2n) is 5.30. The second kappa shape index (κ2) is 6.65. The summed E-state index contributed by atoms with van der Waals surface area (Å²) in [6.07, 6.45) is 4.71. The van der Waals surface area contributed by atoms with Gasteiger partial charge in [-0.15, -0.1) is 0 Å². The molecule has 1 aliphatic carbocycles. The summed E-state index contributed by atoms with van der Waals surface area (Å²) in [5.41, 5.74) is 6.99. The van der Waals surface area contributed by atoms with Gasteiger partial charge in [0.05, 0.1) is 5.75 Å². The number of nitrogens with two attached hydrogens (primary N) is 1. The van der Waals surface area contributed by atoms with Gasteiger partial charge in [0.25, 0.3) is 0 Å². The summed E-state index contributed by atoms with van der Waals surface area (Å²) in [5.74, 6) is 0.706. The molecule has 0 saturated heterocycles. The lowest BCUT2D eigenvalue weighted by atomic mass is 9.83. The Labute approximate surface area is 125 Å². The molecule has 0 aromatic heterocycles. The Morgan fingerprint density at radius 3 is 2.45 bits per heavy atom. The summed E-state index contributed by atoms with van der Waals surface area (Å²) in [7, 11) is -3.26. The fraction of sp³-hybridized carbons (Fsp3) is 0.500. The van der Waals surface area contributed by atoms with Gasteiger partial charge in [-0.1, -0.05) is 55.7 Å². The zero-order valence-corrected chi connectivity index (χ0v) is 13.0. The maximum atomic E-state index is 11.9. The number of sulfonamides is 1. The van der Waals surface area contributed by atoms with Crippen LogP contribution in [0.3, 0.4) is 0 Å². The van der Waals surface area contributed by atoms with E-state index in [1.165, 1.54) is 19.3 Å². The highest BCUT2D eigenvalue weighted by atomic mass is 32.2. The zero-order valence-electron chi connectivity index (χ0n) is 11.3. The average molecular weight is 312 g/mol. The zero-order chi connectivity index (χ0) is 14.6. The molecule has 0 atom stereocenters. The molecule has 6 heteroatoms. The van der Waals surface area contributed by atoms with Crippen LogP contribution in [0.1, 0.15) is 36.8 Å². The van der Waals surface area contributed by atoms with E-state index in [4.69, 9.17) is 18.0 Å². The lowest BCUT2D eigenvalue weighted by Gasteiger charge is -2.25. The van der Waals surface area contributed by atoms with Gasteiger partial charge in [-0.3, -0.25) is 0 Å². The molecule has 3 N–H and O–H groups in total. The summed E-state index contributed by atoms with van der Waals surface area (Å²) >= 11 is 4.86. The third-order valence-electron chi connectivity index (χ3n) is 3.69. The maximum absolute atomic E-state index is 11.9. The van der Waals surface area contributed by atoms with Crippen molar-refractivity contribution in [2.75, 3.05) is 6.54 Å². The minimum Gasteiger partial charge on any atom is -0.389 e. The number of thiocarbonyl (C=S) groups is 1. The Morgan fingerprint density at radius 2 is 1.95 bits per heavy atom. The highest BCUT2D eigenvalue weighted by Crippen LogP contribution is 2.28. The Kier molecular flexibility index (Phi) is 5.12. The molecule has 0 spiro atoms. The van der Waals surface area contributed by atoms with Crippen LogP contribution >= 0.6 is 12.2 Å². The van der Waals surface area contributed by atoms with Gasteiger partial charge < -0.3 is 5.73 Å². The number of hydrogen-bond acceptors (Lipinski definition) is 3. The van der Waals surface area contributed by atoms with Gasteiger partial charge in [0.15, 0.2) is 0 Å². The van der Waals surface area contributed by atoms with Crippen LogP contribution in [0, 0.1) is 5.92 Å². The molecule has 0 aliphatic heterocycles. The van der Waals surface area contributed by atoms with Crippen molar-refractivity contribution in [1.82, 2.24) is 4.72 Å². The predicted octanol–water partition coefficient (Wildman–Crippen LogP) is 1.93. The number of benzene rings is 1. The van der Waals surface area contributed by atoms with Crippen molar-refractivity contribution in [3.8, 4) is 0 Å². The first-order valence-corrected chi connectivity index (χ1v) is 8.88. The molecule has 0 unspecified atom stereocenters. The molecule has 20 heavy (non-hydrogen) atoms. The van der Waals surface area contributed by atoms with E-state index in [1.807, 2.05) is 0 Å². The normalized spacial score (nSPS) is 15.8. The molecular formula is C14H20N2O2S2. The first kappa shape index (κ1) is 15.4. The largest absolute Gasteiger partial charge is 0.389 e. The van der Waals surface area contributed by atoms with Crippen molar-refractivity contribution in [1.29, 1.82) is 0 Å². The van der Waals surface area contributed by atoms with Crippen molar-refractivity contribution >= 4 is 27.2 Å². The Bertz CT molecular complexity index is 563. The molecule has 1 fully saturated rings. The van der Waals surface area contributed by atoms with E-state index in [2.05, 4.69) is 4.72 Å². The first-order chi connectivity index (χ1) is 9.46. The van der Waals surface area contributed by atoms with Gasteiger partial charge in [-0.25, -0.2) is 13.1 Å². The van der Waals surface area contributed by atoms with Crippen molar-refractivity contribution in [3.05, 3.63) is 35.4 Å². The molecule has 1 aromatic carbocycles. The smallest absolute Gasteiger partial charge is 0.215 e. The molecule has 4 nitrogen and oxygen atoms in total. The van der Waals surface area contributed by atoms with Gasteiger partial charge in [-0.2, -0.15) is 0 Å². The monoisotopic (exact) mass is 312 g/mol. The van der Waals surface area contributed by atoms with E-state index in [-0.39, 0.29) is 5.75 Å². The van der Waals surface area contributed by atoms with E-state index >= 15 is 0 Å². The second-order valence-corrected chi connectivity index (χ2v) is 7.55. The minimum atomic E-state index is -3.26.